The van der Waals surface area contributed by atoms with E-state index < -0.39 is 12.0 Å². The van der Waals surface area contributed by atoms with Crippen LogP contribution in [0.3, 0.4) is 0 Å². The SMILES string of the molecule is C[C@H](Nc1ncccc1Br)C(=O)O. The summed E-state index contributed by atoms with van der Waals surface area (Å²) in [5, 5.41) is 11.4. The number of carbonyl (C=O) groups is 1. The molecule has 70 valence electrons. The zero-order valence-electron chi connectivity index (χ0n) is 6.99. The Bertz CT molecular complexity index is 317. The van der Waals surface area contributed by atoms with E-state index in [1.807, 2.05) is 0 Å². The average molecular weight is 245 g/mol. The van der Waals surface area contributed by atoms with E-state index in [4.69, 9.17) is 5.11 Å². The lowest BCUT2D eigenvalue weighted by molar-refractivity contribution is -0.137. The van der Waals surface area contributed by atoms with Crippen LogP contribution in [0.5, 0.6) is 0 Å². The fourth-order valence-corrected chi connectivity index (χ4v) is 1.13. The van der Waals surface area contributed by atoms with Gasteiger partial charge in [-0.15, -0.1) is 0 Å². The van der Waals surface area contributed by atoms with Crippen LogP contribution in [-0.2, 0) is 4.79 Å². The maximum absolute atomic E-state index is 10.5. The Kier molecular flexibility index (Phi) is 3.25. The zero-order valence-corrected chi connectivity index (χ0v) is 8.58. The van der Waals surface area contributed by atoms with Crippen LogP contribution in [0.4, 0.5) is 5.82 Å². The van der Waals surface area contributed by atoms with Gasteiger partial charge in [-0.1, -0.05) is 0 Å². The Morgan fingerprint density at radius 1 is 1.77 bits per heavy atom. The van der Waals surface area contributed by atoms with Gasteiger partial charge in [-0.3, -0.25) is 4.79 Å². The second-order valence-corrected chi connectivity index (χ2v) is 3.39. The number of aromatic nitrogens is 1. The van der Waals surface area contributed by atoms with E-state index >= 15 is 0 Å². The van der Waals surface area contributed by atoms with E-state index in [-0.39, 0.29) is 0 Å². The Labute approximate surface area is 84.1 Å². The van der Waals surface area contributed by atoms with Crippen molar-refractivity contribution in [2.24, 2.45) is 0 Å². The molecular weight excluding hydrogens is 236 g/mol. The highest BCUT2D eigenvalue weighted by Gasteiger charge is 2.11. The molecule has 1 atom stereocenters. The summed E-state index contributed by atoms with van der Waals surface area (Å²) in [5.41, 5.74) is 0. The predicted octanol–water partition coefficient (Wildman–Crippen LogP) is 1.73. The fourth-order valence-electron chi connectivity index (χ4n) is 0.759. The second kappa shape index (κ2) is 4.23. The molecule has 0 aromatic carbocycles. The first-order chi connectivity index (χ1) is 6.11. The Morgan fingerprint density at radius 2 is 2.46 bits per heavy atom. The van der Waals surface area contributed by atoms with Gasteiger partial charge < -0.3 is 10.4 Å². The van der Waals surface area contributed by atoms with Gasteiger partial charge in [0.2, 0.25) is 0 Å². The molecule has 5 heteroatoms. The molecule has 2 N–H and O–H groups in total. The molecule has 0 unspecified atom stereocenters. The van der Waals surface area contributed by atoms with Gasteiger partial charge in [0.15, 0.2) is 0 Å². The van der Waals surface area contributed by atoms with Crippen LogP contribution in [0.15, 0.2) is 22.8 Å². The van der Waals surface area contributed by atoms with Crippen LogP contribution >= 0.6 is 15.9 Å². The Hall–Kier alpha value is -1.10. The number of hydrogen-bond acceptors (Lipinski definition) is 3. The molecule has 0 aliphatic carbocycles. The van der Waals surface area contributed by atoms with Gasteiger partial charge in [0, 0.05) is 6.20 Å². The van der Waals surface area contributed by atoms with Crippen molar-refractivity contribution in [3.05, 3.63) is 22.8 Å². The van der Waals surface area contributed by atoms with Gasteiger partial charge in [-0.25, -0.2) is 4.98 Å². The van der Waals surface area contributed by atoms with Crippen molar-refractivity contribution >= 4 is 27.7 Å². The minimum atomic E-state index is -0.905. The first kappa shape index (κ1) is 9.98. The molecule has 0 radical (unpaired) electrons. The van der Waals surface area contributed by atoms with Crippen LogP contribution in [0.1, 0.15) is 6.92 Å². The quantitative estimate of drug-likeness (QED) is 0.851. The van der Waals surface area contributed by atoms with Crippen LogP contribution in [-0.4, -0.2) is 22.1 Å². The van der Waals surface area contributed by atoms with Crippen molar-refractivity contribution in [1.29, 1.82) is 0 Å². The van der Waals surface area contributed by atoms with Crippen LogP contribution in [0, 0.1) is 0 Å². The number of rotatable bonds is 3. The van der Waals surface area contributed by atoms with Crippen molar-refractivity contribution in [3.8, 4) is 0 Å². The number of halogens is 1. The number of hydrogen-bond donors (Lipinski definition) is 2. The number of carboxylic acids is 1. The van der Waals surface area contributed by atoms with E-state index in [2.05, 4.69) is 26.2 Å². The third-order valence-electron chi connectivity index (χ3n) is 1.48. The molecule has 1 heterocycles. The molecule has 0 saturated carbocycles. The molecule has 0 amide bonds. The molecule has 1 aromatic rings. The summed E-state index contributed by atoms with van der Waals surface area (Å²) in [6.45, 7) is 1.56. The molecule has 0 fully saturated rings. The summed E-state index contributed by atoms with van der Waals surface area (Å²) in [6, 6.07) is 2.91. The maximum atomic E-state index is 10.5. The van der Waals surface area contributed by atoms with Gasteiger partial charge in [0.05, 0.1) is 4.47 Å². The second-order valence-electron chi connectivity index (χ2n) is 2.54. The summed E-state index contributed by atoms with van der Waals surface area (Å²) >= 11 is 3.26. The van der Waals surface area contributed by atoms with Crippen LogP contribution in [0.25, 0.3) is 0 Å². The predicted molar refractivity (Wildman–Crippen MR) is 52.7 cm³/mol. The first-order valence-electron chi connectivity index (χ1n) is 3.71. The van der Waals surface area contributed by atoms with Crippen molar-refractivity contribution < 1.29 is 9.90 Å². The van der Waals surface area contributed by atoms with E-state index in [0.29, 0.717) is 5.82 Å². The van der Waals surface area contributed by atoms with Crippen LogP contribution in [0.2, 0.25) is 0 Å². The summed E-state index contributed by atoms with van der Waals surface area (Å²) in [4.78, 5) is 14.5. The third kappa shape index (κ3) is 2.69. The van der Waals surface area contributed by atoms with E-state index in [1.165, 1.54) is 0 Å². The molecule has 4 nitrogen and oxygen atoms in total. The van der Waals surface area contributed by atoms with Gasteiger partial charge >= 0.3 is 5.97 Å². The number of nitrogens with one attached hydrogen (secondary N) is 1. The topological polar surface area (TPSA) is 62.2 Å². The number of pyridine rings is 1. The third-order valence-corrected chi connectivity index (χ3v) is 2.12. The standard InChI is InChI=1S/C8H9BrN2O2/c1-5(8(12)13)11-7-6(9)3-2-4-10-7/h2-5H,1H3,(H,10,11)(H,12,13)/t5-/m0/s1. The lowest BCUT2D eigenvalue weighted by Crippen LogP contribution is -2.25. The number of nitrogens with zero attached hydrogens (tertiary/aromatic N) is 1. The number of carboxylic acid groups (broad SMARTS) is 1. The lowest BCUT2D eigenvalue weighted by Gasteiger charge is -2.10. The summed E-state index contributed by atoms with van der Waals surface area (Å²) < 4.78 is 0.753. The summed E-state index contributed by atoms with van der Waals surface area (Å²) in [7, 11) is 0. The number of anilines is 1. The van der Waals surface area contributed by atoms with Crippen molar-refractivity contribution in [1.82, 2.24) is 4.98 Å². The smallest absolute Gasteiger partial charge is 0.325 e. The molecule has 1 rings (SSSR count). The minimum absolute atomic E-state index is 0.539. The van der Waals surface area contributed by atoms with E-state index in [0.717, 1.165) is 4.47 Å². The lowest BCUT2D eigenvalue weighted by atomic mass is 10.3. The number of aliphatic carboxylic acids is 1. The fraction of sp³-hybridized carbons (Fsp3) is 0.250. The van der Waals surface area contributed by atoms with Gasteiger partial charge in [0.1, 0.15) is 11.9 Å². The maximum Gasteiger partial charge on any atom is 0.325 e. The highest BCUT2D eigenvalue weighted by Crippen LogP contribution is 2.18. The molecule has 0 aliphatic heterocycles. The molecule has 13 heavy (non-hydrogen) atoms. The highest BCUT2D eigenvalue weighted by atomic mass is 79.9. The van der Waals surface area contributed by atoms with Crippen molar-refractivity contribution in [3.63, 3.8) is 0 Å². The average Bonchev–Trinajstić information content (AvgIpc) is 2.08. The monoisotopic (exact) mass is 244 g/mol. The summed E-state index contributed by atoms with van der Waals surface area (Å²) in [5.74, 6) is -0.366. The molecule has 0 spiro atoms. The van der Waals surface area contributed by atoms with E-state index in [1.54, 1.807) is 25.3 Å². The minimum Gasteiger partial charge on any atom is -0.480 e. The molecule has 0 bridgehead atoms. The molecular formula is C8H9BrN2O2. The molecule has 1 aromatic heterocycles. The first-order valence-corrected chi connectivity index (χ1v) is 4.50. The van der Waals surface area contributed by atoms with Gasteiger partial charge in [-0.05, 0) is 35.0 Å². The van der Waals surface area contributed by atoms with E-state index in [9.17, 15) is 4.79 Å². The highest BCUT2D eigenvalue weighted by molar-refractivity contribution is 9.10. The van der Waals surface area contributed by atoms with Gasteiger partial charge in [-0.2, -0.15) is 0 Å². The molecule has 0 aliphatic rings. The Balaban J connectivity index is 2.74. The Morgan fingerprint density at radius 3 is 3.00 bits per heavy atom. The molecule has 0 saturated heterocycles. The zero-order chi connectivity index (χ0) is 9.84. The van der Waals surface area contributed by atoms with Crippen molar-refractivity contribution in [2.45, 2.75) is 13.0 Å². The van der Waals surface area contributed by atoms with Gasteiger partial charge in [0.25, 0.3) is 0 Å². The normalized spacial score (nSPS) is 12.2. The van der Waals surface area contributed by atoms with Crippen LogP contribution < -0.4 is 5.32 Å². The largest absolute Gasteiger partial charge is 0.480 e. The van der Waals surface area contributed by atoms with Crippen molar-refractivity contribution in [2.75, 3.05) is 5.32 Å². The summed E-state index contributed by atoms with van der Waals surface area (Å²) in [6.07, 6.45) is 1.60.